The summed E-state index contributed by atoms with van der Waals surface area (Å²) in [6, 6.07) is 10.9. The number of pyridine rings is 1. The number of fused-ring (bicyclic) bond motifs is 1. The first-order chi connectivity index (χ1) is 9.72. The summed E-state index contributed by atoms with van der Waals surface area (Å²) in [7, 11) is 0. The van der Waals surface area contributed by atoms with Gasteiger partial charge in [0.15, 0.2) is 0 Å². The number of phenolic OH excluding ortho intramolecular Hbond substituents is 1. The average molecular weight is 286 g/mol. The zero-order valence-electron chi connectivity index (χ0n) is 10.8. The third-order valence-corrected chi connectivity index (χ3v) is 4.17. The minimum absolute atomic E-state index is 0.0938. The van der Waals surface area contributed by atoms with E-state index in [1.165, 1.54) is 11.8 Å². The van der Waals surface area contributed by atoms with E-state index in [0.717, 1.165) is 16.2 Å². The molecule has 0 radical (unpaired) electrons. The van der Waals surface area contributed by atoms with Crippen molar-refractivity contribution in [2.75, 3.05) is 5.75 Å². The quantitative estimate of drug-likeness (QED) is 0.880. The molecule has 1 aromatic heterocycles. The zero-order chi connectivity index (χ0) is 13.9. The van der Waals surface area contributed by atoms with Crippen molar-refractivity contribution in [2.45, 2.75) is 18.1 Å². The van der Waals surface area contributed by atoms with Gasteiger partial charge in [-0.15, -0.1) is 0 Å². The van der Waals surface area contributed by atoms with Crippen LogP contribution in [0.5, 0.6) is 5.75 Å². The molecule has 3 rings (SSSR count). The summed E-state index contributed by atoms with van der Waals surface area (Å²) in [6.45, 7) is 1.20. The van der Waals surface area contributed by atoms with Crippen molar-refractivity contribution in [3.63, 3.8) is 0 Å². The van der Waals surface area contributed by atoms with Gasteiger partial charge in [0.05, 0.1) is 10.8 Å². The van der Waals surface area contributed by atoms with E-state index in [1.807, 2.05) is 24.3 Å². The van der Waals surface area contributed by atoms with E-state index in [0.29, 0.717) is 18.8 Å². The third-order valence-electron chi connectivity index (χ3n) is 3.25. The van der Waals surface area contributed by atoms with E-state index in [2.05, 4.69) is 4.98 Å². The molecule has 0 fully saturated rings. The second kappa shape index (κ2) is 5.54. The first kappa shape index (κ1) is 13.0. The highest BCUT2D eigenvalue weighted by Gasteiger charge is 2.23. The fourth-order valence-electron chi connectivity index (χ4n) is 2.22. The number of aromatic nitrogens is 1. The molecule has 1 aliphatic rings. The minimum atomic E-state index is 0.0938. The van der Waals surface area contributed by atoms with Crippen LogP contribution in [-0.4, -0.2) is 26.7 Å². The molecule has 0 atom stereocenters. The Kier molecular flexibility index (Phi) is 3.60. The lowest BCUT2D eigenvalue weighted by Crippen LogP contribution is -2.26. The second-order valence-corrected chi connectivity index (χ2v) is 5.66. The molecule has 4 nitrogen and oxygen atoms in total. The van der Waals surface area contributed by atoms with Gasteiger partial charge in [-0.1, -0.05) is 23.9 Å². The predicted molar refractivity (Wildman–Crippen MR) is 77.3 cm³/mol. The molecule has 1 N–H and O–H groups in total. The molecule has 1 amide bonds. The Morgan fingerprint density at radius 2 is 2.10 bits per heavy atom. The van der Waals surface area contributed by atoms with E-state index >= 15 is 0 Å². The lowest BCUT2D eigenvalue weighted by Gasteiger charge is -2.14. The number of aromatic hydroxyl groups is 1. The maximum atomic E-state index is 12.2. The molecule has 1 aliphatic heterocycles. The van der Waals surface area contributed by atoms with E-state index < -0.39 is 0 Å². The normalized spacial score (nSPS) is 13.3. The monoisotopic (exact) mass is 286 g/mol. The Hall–Kier alpha value is -2.01. The van der Waals surface area contributed by atoms with Crippen LogP contribution in [0.25, 0.3) is 0 Å². The van der Waals surface area contributed by atoms with Crippen LogP contribution in [0.15, 0.2) is 47.6 Å². The fraction of sp³-hybridized carbons (Fsp3) is 0.200. The Morgan fingerprint density at radius 1 is 1.25 bits per heavy atom. The Labute approximate surface area is 121 Å². The zero-order valence-corrected chi connectivity index (χ0v) is 11.6. The van der Waals surface area contributed by atoms with Gasteiger partial charge < -0.3 is 10.0 Å². The summed E-state index contributed by atoms with van der Waals surface area (Å²) in [4.78, 5) is 18.2. The lowest BCUT2D eigenvalue weighted by molar-refractivity contribution is -0.128. The van der Waals surface area contributed by atoms with Gasteiger partial charge in [-0.2, -0.15) is 0 Å². The number of thioether (sulfide) groups is 1. The Bertz CT molecular complexity index is 631. The second-order valence-electron chi connectivity index (χ2n) is 4.66. The number of hydrogen-bond acceptors (Lipinski definition) is 4. The topological polar surface area (TPSA) is 53.4 Å². The van der Waals surface area contributed by atoms with Crippen molar-refractivity contribution in [3.8, 4) is 5.75 Å². The first-order valence-electron chi connectivity index (χ1n) is 6.35. The molecule has 0 unspecified atom stereocenters. The van der Waals surface area contributed by atoms with Gasteiger partial charge in [-0.3, -0.25) is 4.79 Å². The molecular formula is C15H14N2O2S. The number of phenols is 1. The van der Waals surface area contributed by atoms with Crippen LogP contribution in [0.3, 0.4) is 0 Å². The van der Waals surface area contributed by atoms with Gasteiger partial charge in [0.1, 0.15) is 5.75 Å². The van der Waals surface area contributed by atoms with Crippen molar-refractivity contribution in [1.29, 1.82) is 0 Å². The summed E-state index contributed by atoms with van der Waals surface area (Å²) in [5.41, 5.74) is 2.14. The summed E-state index contributed by atoms with van der Waals surface area (Å²) in [5.74, 6) is 0.731. The lowest BCUT2D eigenvalue weighted by atomic mass is 10.1. The average Bonchev–Trinajstić information content (AvgIpc) is 2.89. The van der Waals surface area contributed by atoms with Crippen molar-refractivity contribution in [3.05, 3.63) is 53.7 Å². The van der Waals surface area contributed by atoms with Crippen molar-refractivity contribution in [2.24, 2.45) is 0 Å². The van der Waals surface area contributed by atoms with E-state index in [9.17, 15) is 9.90 Å². The molecule has 0 spiro atoms. The van der Waals surface area contributed by atoms with Crippen LogP contribution in [0, 0.1) is 0 Å². The van der Waals surface area contributed by atoms with Gasteiger partial charge in [0.25, 0.3) is 0 Å². The van der Waals surface area contributed by atoms with Crippen LogP contribution >= 0.6 is 11.8 Å². The third kappa shape index (κ3) is 2.77. The number of carbonyl (C=O) groups is 1. The predicted octanol–water partition coefficient (Wildman–Crippen LogP) is 2.42. The number of rotatable bonds is 3. The van der Waals surface area contributed by atoms with Gasteiger partial charge >= 0.3 is 0 Å². The van der Waals surface area contributed by atoms with Crippen LogP contribution in [0.2, 0.25) is 0 Å². The summed E-state index contributed by atoms with van der Waals surface area (Å²) in [6.07, 6.45) is 1.72. The summed E-state index contributed by atoms with van der Waals surface area (Å²) < 4.78 is 0. The highest BCUT2D eigenvalue weighted by molar-refractivity contribution is 7.99. The first-order valence-corrected chi connectivity index (χ1v) is 7.33. The fourth-order valence-corrected chi connectivity index (χ4v) is 2.98. The molecule has 1 aromatic carbocycles. The highest BCUT2D eigenvalue weighted by Crippen LogP contribution is 2.27. The number of carbonyl (C=O) groups excluding carboxylic acids is 1. The molecule has 0 saturated heterocycles. The number of amides is 1. The summed E-state index contributed by atoms with van der Waals surface area (Å²) >= 11 is 1.45. The standard InChI is InChI=1S/C15H14N2O2S/c18-13-5-4-11-8-17(9-12(11)7-13)15(19)10-20-14-3-1-2-6-16-14/h1-7,18H,8-10H2. The van der Waals surface area contributed by atoms with Crippen LogP contribution < -0.4 is 0 Å². The molecule has 0 aliphatic carbocycles. The Balaban J connectivity index is 1.60. The van der Waals surface area contributed by atoms with Crippen LogP contribution in [0.1, 0.15) is 11.1 Å². The highest BCUT2D eigenvalue weighted by atomic mass is 32.2. The van der Waals surface area contributed by atoms with Gasteiger partial charge in [0, 0.05) is 19.3 Å². The molecule has 5 heteroatoms. The van der Waals surface area contributed by atoms with Gasteiger partial charge in [-0.05, 0) is 35.4 Å². The number of hydrogen-bond donors (Lipinski definition) is 1. The molecule has 2 aromatic rings. The molecule has 102 valence electrons. The number of nitrogens with zero attached hydrogens (tertiary/aromatic N) is 2. The molecule has 0 saturated carbocycles. The molecular weight excluding hydrogens is 272 g/mol. The summed E-state index contributed by atoms with van der Waals surface area (Å²) in [5, 5.41) is 10.3. The van der Waals surface area contributed by atoms with E-state index in [4.69, 9.17) is 0 Å². The van der Waals surface area contributed by atoms with Crippen molar-refractivity contribution in [1.82, 2.24) is 9.88 Å². The largest absolute Gasteiger partial charge is 0.508 e. The van der Waals surface area contributed by atoms with Gasteiger partial charge in [0.2, 0.25) is 5.91 Å². The Morgan fingerprint density at radius 3 is 2.90 bits per heavy atom. The van der Waals surface area contributed by atoms with Crippen molar-refractivity contribution < 1.29 is 9.90 Å². The van der Waals surface area contributed by atoms with Crippen LogP contribution in [0.4, 0.5) is 0 Å². The van der Waals surface area contributed by atoms with Gasteiger partial charge in [-0.25, -0.2) is 4.98 Å². The minimum Gasteiger partial charge on any atom is -0.508 e. The SMILES string of the molecule is O=C(CSc1ccccn1)N1Cc2ccc(O)cc2C1. The van der Waals surface area contributed by atoms with Crippen LogP contribution in [-0.2, 0) is 17.9 Å². The molecule has 20 heavy (non-hydrogen) atoms. The van der Waals surface area contributed by atoms with E-state index in [1.54, 1.807) is 23.2 Å². The number of benzene rings is 1. The smallest absolute Gasteiger partial charge is 0.233 e. The van der Waals surface area contributed by atoms with Crippen molar-refractivity contribution >= 4 is 17.7 Å². The van der Waals surface area contributed by atoms with E-state index in [-0.39, 0.29) is 11.7 Å². The maximum absolute atomic E-state index is 12.2. The molecule has 2 heterocycles. The maximum Gasteiger partial charge on any atom is 0.233 e. The molecule has 0 bridgehead atoms.